The molecule has 0 aromatic heterocycles. The number of ether oxygens (including phenoxy) is 2. The molecule has 9 heteroatoms. The fourth-order valence-corrected chi connectivity index (χ4v) is 3.10. The van der Waals surface area contributed by atoms with E-state index in [2.05, 4.69) is 5.32 Å². The van der Waals surface area contributed by atoms with Gasteiger partial charge in [-0.15, -0.1) is 0 Å². The van der Waals surface area contributed by atoms with E-state index in [0.29, 0.717) is 25.8 Å². The summed E-state index contributed by atoms with van der Waals surface area (Å²) >= 11 is 0. The first-order valence-corrected chi connectivity index (χ1v) is 8.97. The molecule has 9 nitrogen and oxygen atoms in total. The summed E-state index contributed by atoms with van der Waals surface area (Å²) in [7, 11) is 0. The Hall–Kier alpha value is -2.16. The monoisotopic (exact) mass is 370 g/mol. The molecule has 5 atom stereocenters. The third-order valence-corrected chi connectivity index (χ3v) is 4.87. The molecule has 2 saturated heterocycles. The van der Waals surface area contributed by atoms with E-state index in [4.69, 9.17) is 9.47 Å². The Labute approximate surface area is 152 Å². The predicted octanol–water partition coefficient (Wildman–Crippen LogP) is -0.0766. The van der Waals surface area contributed by atoms with Gasteiger partial charge in [0.15, 0.2) is 12.2 Å². The van der Waals surface area contributed by atoms with Gasteiger partial charge in [0.25, 0.3) is 5.91 Å². The van der Waals surface area contributed by atoms with Crippen molar-refractivity contribution in [2.24, 2.45) is 5.92 Å². The van der Waals surface area contributed by atoms with Crippen LogP contribution >= 0.6 is 0 Å². The first kappa shape index (κ1) is 20.2. The van der Waals surface area contributed by atoms with Crippen molar-refractivity contribution < 1.29 is 33.8 Å². The summed E-state index contributed by atoms with van der Waals surface area (Å²) in [5.41, 5.74) is 0. The van der Waals surface area contributed by atoms with Crippen LogP contribution in [0.5, 0.6) is 0 Å². The lowest BCUT2D eigenvalue weighted by atomic mass is 9.97. The SMILES string of the molecule is CCOC(=O)C1OC1C(=O)NC(C(=O)N1CCCC1C(=O)O)C(C)CC. The van der Waals surface area contributed by atoms with Gasteiger partial charge < -0.3 is 24.8 Å². The van der Waals surface area contributed by atoms with Crippen LogP contribution in [-0.2, 0) is 28.7 Å². The summed E-state index contributed by atoms with van der Waals surface area (Å²) < 4.78 is 9.87. The minimum absolute atomic E-state index is 0.187. The van der Waals surface area contributed by atoms with Crippen LogP contribution in [0, 0.1) is 5.92 Å². The number of hydrogen-bond donors (Lipinski definition) is 2. The summed E-state index contributed by atoms with van der Waals surface area (Å²) in [6, 6.07) is -1.73. The van der Waals surface area contributed by atoms with Crippen LogP contribution in [0.4, 0.5) is 0 Å². The number of nitrogens with zero attached hydrogens (tertiary/aromatic N) is 1. The molecular weight excluding hydrogens is 344 g/mol. The third kappa shape index (κ3) is 4.32. The lowest BCUT2D eigenvalue weighted by molar-refractivity contribution is -0.150. The van der Waals surface area contributed by atoms with Gasteiger partial charge in [0, 0.05) is 6.54 Å². The average molecular weight is 370 g/mol. The summed E-state index contributed by atoms with van der Waals surface area (Å²) in [5, 5.41) is 11.9. The number of nitrogens with one attached hydrogen (secondary N) is 1. The minimum atomic E-state index is -1.04. The molecule has 0 aromatic carbocycles. The molecule has 2 fully saturated rings. The highest BCUT2D eigenvalue weighted by molar-refractivity contribution is 5.96. The van der Waals surface area contributed by atoms with Gasteiger partial charge >= 0.3 is 11.9 Å². The van der Waals surface area contributed by atoms with Gasteiger partial charge in [-0.05, 0) is 25.7 Å². The van der Waals surface area contributed by atoms with Crippen molar-refractivity contribution in [3.8, 4) is 0 Å². The van der Waals surface area contributed by atoms with Crippen molar-refractivity contribution in [1.29, 1.82) is 0 Å². The van der Waals surface area contributed by atoms with Crippen LogP contribution in [0.25, 0.3) is 0 Å². The van der Waals surface area contributed by atoms with E-state index in [1.54, 1.807) is 6.92 Å². The number of carbonyl (C=O) groups is 4. The number of hydrogen-bond acceptors (Lipinski definition) is 6. The summed E-state index contributed by atoms with van der Waals surface area (Å²) in [6.07, 6.45) is -0.280. The molecule has 0 aliphatic carbocycles. The molecule has 2 aliphatic heterocycles. The number of amides is 2. The largest absolute Gasteiger partial charge is 0.480 e. The quantitative estimate of drug-likeness (QED) is 0.452. The maximum absolute atomic E-state index is 12.9. The molecule has 2 amide bonds. The van der Waals surface area contributed by atoms with E-state index in [-0.39, 0.29) is 12.5 Å². The molecule has 2 aliphatic rings. The summed E-state index contributed by atoms with van der Waals surface area (Å²) in [5.74, 6) is -2.82. The van der Waals surface area contributed by atoms with Crippen molar-refractivity contribution in [2.45, 2.75) is 64.3 Å². The zero-order valence-electron chi connectivity index (χ0n) is 15.3. The normalized spacial score (nSPS) is 26.7. The second kappa shape index (κ2) is 8.48. The van der Waals surface area contributed by atoms with Gasteiger partial charge in [0.05, 0.1) is 6.61 Å². The zero-order valence-corrected chi connectivity index (χ0v) is 15.3. The molecule has 0 radical (unpaired) electrons. The van der Waals surface area contributed by atoms with Crippen molar-refractivity contribution in [3.05, 3.63) is 0 Å². The Morgan fingerprint density at radius 1 is 1.27 bits per heavy atom. The molecule has 26 heavy (non-hydrogen) atoms. The van der Waals surface area contributed by atoms with E-state index in [9.17, 15) is 24.3 Å². The minimum Gasteiger partial charge on any atom is -0.480 e. The van der Waals surface area contributed by atoms with Crippen LogP contribution < -0.4 is 5.32 Å². The molecule has 5 unspecified atom stereocenters. The fraction of sp³-hybridized carbons (Fsp3) is 0.765. The van der Waals surface area contributed by atoms with E-state index in [1.165, 1.54) is 4.90 Å². The number of carboxylic acids is 1. The number of esters is 1. The van der Waals surface area contributed by atoms with Crippen LogP contribution in [0.1, 0.15) is 40.0 Å². The number of carboxylic acid groups (broad SMARTS) is 1. The number of epoxide rings is 1. The van der Waals surface area contributed by atoms with Gasteiger partial charge in [-0.2, -0.15) is 0 Å². The molecule has 0 saturated carbocycles. The number of likely N-dealkylation sites (tertiary alicyclic amines) is 1. The van der Waals surface area contributed by atoms with Gasteiger partial charge in [-0.25, -0.2) is 9.59 Å². The van der Waals surface area contributed by atoms with Gasteiger partial charge in [-0.3, -0.25) is 9.59 Å². The highest BCUT2D eigenvalue weighted by atomic mass is 16.6. The first-order valence-electron chi connectivity index (χ1n) is 8.97. The molecule has 0 spiro atoms. The van der Waals surface area contributed by atoms with Gasteiger partial charge in [0.1, 0.15) is 12.1 Å². The fourth-order valence-electron chi connectivity index (χ4n) is 3.10. The Morgan fingerprint density at radius 2 is 1.96 bits per heavy atom. The maximum Gasteiger partial charge on any atom is 0.338 e. The molecule has 2 N–H and O–H groups in total. The third-order valence-electron chi connectivity index (χ3n) is 4.87. The lowest BCUT2D eigenvalue weighted by Crippen LogP contribution is -2.55. The summed E-state index contributed by atoms with van der Waals surface area (Å²) in [6.45, 7) is 5.88. The van der Waals surface area contributed by atoms with Crippen molar-refractivity contribution in [2.75, 3.05) is 13.2 Å². The molecule has 2 heterocycles. The van der Waals surface area contributed by atoms with Crippen LogP contribution in [0.15, 0.2) is 0 Å². The Morgan fingerprint density at radius 3 is 2.54 bits per heavy atom. The Bertz CT molecular complexity index is 579. The Kier molecular flexibility index (Phi) is 6.57. The van der Waals surface area contributed by atoms with Crippen LogP contribution in [0.2, 0.25) is 0 Å². The molecule has 146 valence electrons. The second-order valence-corrected chi connectivity index (χ2v) is 6.63. The number of carbonyl (C=O) groups excluding carboxylic acids is 3. The first-order chi connectivity index (χ1) is 12.3. The highest BCUT2D eigenvalue weighted by Gasteiger charge is 2.52. The summed E-state index contributed by atoms with van der Waals surface area (Å²) in [4.78, 5) is 49.5. The van der Waals surface area contributed by atoms with Crippen molar-refractivity contribution in [3.63, 3.8) is 0 Å². The smallest absolute Gasteiger partial charge is 0.338 e. The van der Waals surface area contributed by atoms with E-state index in [0.717, 1.165) is 0 Å². The van der Waals surface area contributed by atoms with E-state index < -0.39 is 48.0 Å². The lowest BCUT2D eigenvalue weighted by Gasteiger charge is -2.30. The van der Waals surface area contributed by atoms with Crippen molar-refractivity contribution >= 4 is 23.8 Å². The number of rotatable bonds is 8. The van der Waals surface area contributed by atoms with Gasteiger partial charge in [-0.1, -0.05) is 20.3 Å². The van der Waals surface area contributed by atoms with E-state index >= 15 is 0 Å². The van der Waals surface area contributed by atoms with Crippen molar-refractivity contribution in [1.82, 2.24) is 10.2 Å². The Balaban J connectivity index is 2.04. The standard InChI is InChI=1S/C17H26N2O7/c1-4-9(3)11(15(21)19-8-6-7-10(19)16(22)23)18-14(20)12-13(26-12)17(24)25-5-2/h9-13H,4-8H2,1-3H3,(H,18,20)(H,22,23). The predicted molar refractivity (Wildman–Crippen MR) is 89.1 cm³/mol. The van der Waals surface area contributed by atoms with Gasteiger partial charge in [0.2, 0.25) is 5.91 Å². The molecule has 0 aromatic rings. The molecule has 0 bridgehead atoms. The molecule has 2 rings (SSSR count). The topological polar surface area (TPSA) is 126 Å². The highest BCUT2D eigenvalue weighted by Crippen LogP contribution is 2.25. The maximum atomic E-state index is 12.9. The second-order valence-electron chi connectivity index (χ2n) is 6.63. The van der Waals surface area contributed by atoms with Crippen LogP contribution in [-0.4, -0.2) is 71.2 Å². The van der Waals surface area contributed by atoms with E-state index in [1.807, 2.05) is 13.8 Å². The zero-order chi connectivity index (χ0) is 19.4. The number of aliphatic carboxylic acids is 1. The average Bonchev–Trinajstić information content (AvgIpc) is 3.26. The van der Waals surface area contributed by atoms with Crippen LogP contribution in [0.3, 0.4) is 0 Å². The molecular formula is C17H26N2O7.